The topological polar surface area (TPSA) is 32.9 Å². The summed E-state index contributed by atoms with van der Waals surface area (Å²) in [7, 11) is 0. The van der Waals surface area contributed by atoms with Gasteiger partial charge in [0.25, 0.3) is 6.43 Å². The predicted molar refractivity (Wildman–Crippen MR) is 37.0 cm³/mol. The standard InChI is InChI=1S/C7H3F6NO/c8-4-2(7(11,12)13)1-3(15)14-5(4)6(9)10/h1,6H,(H,14,15). The number of pyridine rings is 1. The van der Waals surface area contributed by atoms with Crippen molar-refractivity contribution in [2.45, 2.75) is 12.6 Å². The predicted octanol–water partition coefficient (Wildman–Crippen LogP) is 2.47. The molecule has 0 aromatic carbocycles. The molecule has 0 radical (unpaired) electrons. The molecule has 0 amide bonds. The SMILES string of the molecule is O=c1cc(C(F)(F)F)c(F)c(C(F)F)[nH]1. The Morgan fingerprint density at radius 1 is 1.27 bits per heavy atom. The first-order valence-electron chi connectivity index (χ1n) is 3.51. The highest BCUT2D eigenvalue weighted by atomic mass is 19.4. The highest BCUT2D eigenvalue weighted by molar-refractivity contribution is 5.22. The van der Waals surface area contributed by atoms with Gasteiger partial charge < -0.3 is 4.98 Å². The summed E-state index contributed by atoms with van der Waals surface area (Å²) in [5.74, 6) is -2.16. The normalized spacial score (nSPS) is 12.2. The molecule has 1 rings (SSSR count). The molecule has 0 saturated carbocycles. The van der Waals surface area contributed by atoms with E-state index in [9.17, 15) is 31.1 Å². The molecule has 0 unspecified atom stereocenters. The summed E-state index contributed by atoms with van der Waals surface area (Å²) in [6, 6.07) is -0.110. The summed E-state index contributed by atoms with van der Waals surface area (Å²) < 4.78 is 72.9. The zero-order valence-electron chi connectivity index (χ0n) is 6.83. The number of hydrogen-bond acceptors (Lipinski definition) is 1. The van der Waals surface area contributed by atoms with Crippen LogP contribution in [0, 0.1) is 5.82 Å². The number of hydrogen-bond donors (Lipinski definition) is 1. The van der Waals surface area contributed by atoms with Crippen LogP contribution in [0.1, 0.15) is 17.7 Å². The third-order valence-corrected chi connectivity index (χ3v) is 1.53. The van der Waals surface area contributed by atoms with Crippen LogP contribution in [0.25, 0.3) is 0 Å². The number of aromatic amines is 1. The molecule has 1 N–H and O–H groups in total. The smallest absolute Gasteiger partial charge is 0.319 e. The lowest BCUT2D eigenvalue weighted by atomic mass is 10.2. The quantitative estimate of drug-likeness (QED) is 0.740. The van der Waals surface area contributed by atoms with Crippen molar-refractivity contribution in [2.75, 3.05) is 0 Å². The highest BCUT2D eigenvalue weighted by Crippen LogP contribution is 2.32. The summed E-state index contributed by atoms with van der Waals surface area (Å²) in [4.78, 5) is 11.9. The second kappa shape index (κ2) is 3.59. The molecule has 8 heteroatoms. The summed E-state index contributed by atoms with van der Waals surface area (Å²) in [6.07, 6.45) is -8.69. The highest BCUT2D eigenvalue weighted by Gasteiger charge is 2.37. The lowest BCUT2D eigenvalue weighted by Gasteiger charge is -2.09. The Labute approximate surface area is 78.5 Å². The molecule has 0 fully saturated rings. The molecule has 0 atom stereocenters. The van der Waals surface area contributed by atoms with Crippen LogP contribution in [0.3, 0.4) is 0 Å². The van der Waals surface area contributed by atoms with Gasteiger partial charge in [0.2, 0.25) is 5.56 Å². The Balaban J connectivity index is 3.49. The van der Waals surface area contributed by atoms with Gasteiger partial charge in [0.05, 0.1) is 5.56 Å². The van der Waals surface area contributed by atoms with Gasteiger partial charge in [-0.1, -0.05) is 0 Å². The number of alkyl halides is 5. The van der Waals surface area contributed by atoms with Crippen LogP contribution in [0.4, 0.5) is 26.3 Å². The van der Waals surface area contributed by atoms with Crippen molar-refractivity contribution < 1.29 is 26.3 Å². The van der Waals surface area contributed by atoms with Crippen LogP contribution in [-0.2, 0) is 6.18 Å². The minimum Gasteiger partial charge on any atom is -0.319 e. The van der Waals surface area contributed by atoms with Crippen LogP contribution < -0.4 is 5.56 Å². The molecule has 15 heavy (non-hydrogen) atoms. The van der Waals surface area contributed by atoms with E-state index in [2.05, 4.69) is 0 Å². The van der Waals surface area contributed by atoms with Crippen LogP contribution in [0.15, 0.2) is 10.9 Å². The van der Waals surface area contributed by atoms with E-state index < -0.39 is 35.2 Å². The van der Waals surface area contributed by atoms with Gasteiger partial charge in [0.15, 0.2) is 5.82 Å². The van der Waals surface area contributed by atoms with Gasteiger partial charge in [-0.05, 0) is 0 Å². The first-order valence-corrected chi connectivity index (χ1v) is 3.51. The molecule has 1 heterocycles. The average Bonchev–Trinajstić information content (AvgIpc) is 2.06. The van der Waals surface area contributed by atoms with Crippen molar-refractivity contribution in [1.29, 1.82) is 0 Å². The summed E-state index contributed by atoms with van der Waals surface area (Å²) in [6.45, 7) is 0. The number of halogens is 6. The molecule has 84 valence electrons. The molecule has 0 aliphatic carbocycles. The minimum absolute atomic E-state index is 0.110. The van der Waals surface area contributed by atoms with E-state index in [1.807, 2.05) is 0 Å². The van der Waals surface area contributed by atoms with E-state index in [1.165, 1.54) is 4.98 Å². The molecule has 0 aliphatic rings. The van der Waals surface area contributed by atoms with Crippen molar-refractivity contribution in [1.82, 2.24) is 4.98 Å². The van der Waals surface area contributed by atoms with Crippen molar-refractivity contribution >= 4 is 0 Å². The third kappa shape index (κ3) is 2.31. The summed E-state index contributed by atoms with van der Waals surface area (Å²) >= 11 is 0. The second-order valence-electron chi connectivity index (χ2n) is 2.57. The van der Waals surface area contributed by atoms with E-state index in [-0.39, 0.29) is 6.07 Å². The van der Waals surface area contributed by atoms with Gasteiger partial charge in [-0.15, -0.1) is 0 Å². The van der Waals surface area contributed by atoms with Crippen molar-refractivity contribution in [2.24, 2.45) is 0 Å². The maximum atomic E-state index is 12.8. The Morgan fingerprint density at radius 2 is 1.80 bits per heavy atom. The first-order chi connectivity index (χ1) is 6.73. The molecule has 0 saturated heterocycles. The van der Waals surface area contributed by atoms with Gasteiger partial charge >= 0.3 is 6.18 Å². The first kappa shape index (κ1) is 11.6. The van der Waals surface area contributed by atoms with Crippen LogP contribution in [0.2, 0.25) is 0 Å². The molecule has 0 aliphatic heterocycles. The molecule has 0 spiro atoms. The molecule has 2 nitrogen and oxygen atoms in total. The third-order valence-electron chi connectivity index (χ3n) is 1.53. The van der Waals surface area contributed by atoms with E-state index in [0.717, 1.165) is 0 Å². The number of H-pyrrole nitrogens is 1. The Morgan fingerprint density at radius 3 is 2.20 bits per heavy atom. The van der Waals surface area contributed by atoms with Gasteiger partial charge in [0.1, 0.15) is 5.69 Å². The van der Waals surface area contributed by atoms with Gasteiger partial charge in [-0.25, -0.2) is 13.2 Å². The number of rotatable bonds is 1. The maximum absolute atomic E-state index is 12.8. The van der Waals surface area contributed by atoms with Crippen LogP contribution in [0.5, 0.6) is 0 Å². The molecular formula is C7H3F6NO. The molecule has 0 bridgehead atoms. The zero-order valence-corrected chi connectivity index (χ0v) is 6.83. The number of nitrogens with one attached hydrogen (secondary N) is 1. The number of aromatic nitrogens is 1. The molecule has 1 aromatic rings. The van der Waals surface area contributed by atoms with Crippen molar-refractivity contribution in [3.05, 3.63) is 33.5 Å². The fourth-order valence-electron chi connectivity index (χ4n) is 0.920. The van der Waals surface area contributed by atoms with Crippen molar-refractivity contribution in [3.8, 4) is 0 Å². The molecular weight excluding hydrogens is 228 g/mol. The minimum atomic E-state index is -5.18. The lowest BCUT2D eigenvalue weighted by molar-refractivity contribution is -0.140. The fourth-order valence-corrected chi connectivity index (χ4v) is 0.920. The van der Waals surface area contributed by atoms with Gasteiger partial charge in [-0.2, -0.15) is 13.2 Å². The average molecular weight is 231 g/mol. The van der Waals surface area contributed by atoms with E-state index in [4.69, 9.17) is 0 Å². The second-order valence-corrected chi connectivity index (χ2v) is 2.57. The van der Waals surface area contributed by atoms with Gasteiger partial charge in [0, 0.05) is 6.07 Å². The van der Waals surface area contributed by atoms with Gasteiger partial charge in [-0.3, -0.25) is 4.79 Å². The van der Waals surface area contributed by atoms with E-state index >= 15 is 0 Å². The Kier molecular flexibility index (Phi) is 2.78. The lowest BCUT2D eigenvalue weighted by Crippen LogP contribution is -2.19. The molecule has 1 aromatic heterocycles. The van der Waals surface area contributed by atoms with Crippen LogP contribution in [-0.4, -0.2) is 4.98 Å². The van der Waals surface area contributed by atoms with Crippen molar-refractivity contribution in [3.63, 3.8) is 0 Å². The largest absolute Gasteiger partial charge is 0.419 e. The van der Waals surface area contributed by atoms with E-state index in [1.54, 1.807) is 0 Å². The fraction of sp³-hybridized carbons (Fsp3) is 0.286. The van der Waals surface area contributed by atoms with Crippen LogP contribution >= 0.6 is 0 Å². The maximum Gasteiger partial charge on any atom is 0.419 e. The zero-order chi connectivity index (χ0) is 11.8. The Bertz CT molecular complexity index is 420. The summed E-state index contributed by atoms with van der Waals surface area (Å²) in [5, 5.41) is 0. The summed E-state index contributed by atoms with van der Waals surface area (Å²) in [5.41, 5.74) is -5.09. The van der Waals surface area contributed by atoms with E-state index in [0.29, 0.717) is 0 Å². The monoisotopic (exact) mass is 231 g/mol. The Hall–Kier alpha value is -1.47.